The Morgan fingerprint density at radius 2 is 2.10 bits per heavy atom. The maximum atomic E-state index is 12.5. The third-order valence-electron chi connectivity index (χ3n) is 4.34. The Hall–Kier alpha value is -0.870. The fraction of sp³-hybridized carbons (Fsp3) is 0.824. The highest BCUT2D eigenvalue weighted by Crippen LogP contribution is 2.21. The van der Waals surface area contributed by atoms with Crippen LogP contribution in [0.15, 0.2) is 11.8 Å². The fourth-order valence-electron chi connectivity index (χ4n) is 2.70. The Balaban J connectivity index is 2.44. The van der Waals surface area contributed by atoms with E-state index in [9.17, 15) is 4.79 Å². The van der Waals surface area contributed by atoms with Gasteiger partial charge in [0.15, 0.2) is 0 Å². The topological polar surface area (TPSA) is 49.6 Å². The Morgan fingerprint density at radius 3 is 2.62 bits per heavy atom. The Kier molecular flexibility index (Phi) is 7.97. The molecule has 0 aromatic rings. The molecule has 0 fully saturated rings. The summed E-state index contributed by atoms with van der Waals surface area (Å²) in [5.41, 5.74) is 7.29. The molecular formula is C17H33N3O. The number of allylic oxidation sites excluding steroid dienone is 2. The first-order valence-electron chi connectivity index (χ1n) is 8.39. The Morgan fingerprint density at radius 1 is 1.38 bits per heavy atom. The monoisotopic (exact) mass is 295 g/mol. The van der Waals surface area contributed by atoms with Crippen LogP contribution in [0.4, 0.5) is 0 Å². The van der Waals surface area contributed by atoms with Gasteiger partial charge >= 0.3 is 0 Å². The van der Waals surface area contributed by atoms with Crippen LogP contribution in [-0.4, -0.2) is 48.4 Å². The highest BCUT2D eigenvalue weighted by molar-refractivity contribution is 5.80. The number of likely N-dealkylation sites (N-methyl/N-ethyl adjacent to an activating group) is 2. The van der Waals surface area contributed by atoms with E-state index in [2.05, 4.69) is 31.7 Å². The summed E-state index contributed by atoms with van der Waals surface area (Å²) in [5, 5.41) is 0. The van der Waals surface area contributed by atoms with E-state index < -0.39 is 0 Å². The van der Waals surface area contributed by atoms with Gasteiger partial charge in [0, 0.05) is 18.3 Å². The second-order valence-corrected chi connectivity index (χ2v) is 6.51. The van der Waals surface area contributed by atoms with E-state index >= 15 is 0 Å². The third kappa shape index (κ3) is 6.18. The summed E-state index contributed by atoms with van der Waals surface area (Å²) in [4.78, 5) is 16.5. The molecule has 1 atom stereocenters. The van der Waals surface area contributed by atoms with Crippen molar-refractivity contribution in [3.05, 3.63) is 11.8 Å². The first-order valence-corrected chi connectivity index (χ1v) is 8.39. The van der Waals surface area contributed by atoms with Crippen LogP contribution in [-0.2, 0) is 4.79 Å². The lowest BCUT2D eigenvalue weighted by Crippen LogP contribution is -2.40. The highest BCUT2D eigenvalue weighted by atomic mass is 16.2. The molecule has 1 unspecified atom stereocenters. The van der Waals surface area contributed by atoms with Crippen LogP contribution in [0.1, 0.15) is 52.9 Å². The molecule has 0 aromatic carbocycles. The average Bonchev–Trinajstić information content (AvgIpc) is 2.46. The average molecular weight is 295 g/mol. The molecule has 1 aliphatic rings. The molecule has 4 nitrogen and oxygen atoms in total. The summed E-state index contributed by atoms with van der Waals surface area (Å²) in [6, 6.07) is 0.214. The van der Waals surface area contributed by atoms with Crippen molar-refractivity contribution in [2.75, 3.05) is 26.7 Å². The van der Waals surface area contributed by atoms with Crippen LogP contribution in [0.3, 0.4) is 0 Å². The first kappa shape index (κ1) is 18.2. The van der Waals surface area contributed by atoms with Gasteiger partial charge in [-0.25, -0.2) is 0 Å². The van der Waals surface area contributed by atoms with Gasteiger partial charge in [0.25, 0.3) is 0 Å². The minimum atomic E-state index is 0.214. The minimum Gasteiger partial charge on any atom is -0.327 e. The van der Waals surface area contributed by atoms with Crippen molar-refractivity contribution in [3.63, 3.8) is 0 Å². The lowest BCUT2D eigenvalue weighted by Gasteiger charge is -2.29. The number of hydrogen-bond acceptors (Lipinski definition) is 3. The number of nitrogens with two attached hydrogens (primary N) is 1. The summed E-state index contributed by atoms with van der Waals surface area (Å²) in [5.74, 6) is 0.708. The van der Waals surface area contributed by atoms with E-state index in [1.165, 1.54) is 18.5 Å². The molecule has 122 valence electrons. The lowest BCUT2D eigenvalue weighted by atomic mass is 10.0. The number of nitrogens with zero attached hydrogens (tertiary/aromatic N) is 2. The van der Waals surface area contributed by atoms with Crippen LogP contribution in [0.2, 0.25) is 0 Å². The molecule has 0 bridgehead atoms. The molecular weight excluding hydrogens is 262 g/mol. The van der Waals surface area contributed by atoms with Crippen molar-refractivity contribution in [2.45, 2.75) is 58.9 Å². The van der Waals surface area contributed by atoms with Crippen molar-refractivity contribution in [3.8, 4) is 0 Å². The van der Waals surface area contributed by atoms with E-state index in [4.69, 9.17) is 5.73 Å². The summed E-state index contributed by atoms with van der Waals surface area (Å²) < 4.78 is 0. The number of rotatable bonds is 8. The van der Waals surface area contributed by atoms with Gasteiger partial charge in [-0.2, -0.15) is 0 Å². The van der Waals surface area contributed by atoms with Crippen LogP contribution in [0.5, 0.6) is 0 Å². The van der Waals surface area contributed by atoms with Gasteiger partial charge in [-0.1, -0.05) is 19.9 Å². The fourth-order valence-corrected chi connectivity index (χ4v) is 2.70. The maximum Gasteiger partial charge on any atom is 0.240 e. The third-order valence-corrected chi connectivity index (χ3v) is 4.34. The van der Waals surface area contributed by atoms with Crippen molar-refractivity contribution in [1.82, 2.24) is 9.80 Å². The summed E-state index contributed by atoms with van der Waals surface area (Å²) in [6.07, 6.45) is 7.78. The van der Waals surface area contributed by atoms with Crippen LogP contribution in [0, 0.1) is 5.92 Å². The highest BCUT2D eigenvalue weighted by Gasteiger charge is 2.19. The molecule has 4 heteroatoms. The smallest absolute Gasteiger partial charge is 0.240 e. The standard InChI is InChI=1S/C17H33N3O/c1-5-20(15-9-7-6-8-10-15)17(21)13-19(4)12-11-16(18)14(2)3/h9,14,16H,5-8,10-13,18H2,1-4H3. The molecule has 0 saturated carbocycles. The zero-order chi connectivity index (χ0) is 15.8. The molecule has 21 heavy (non-hydrogen) atoms. The summed E-state index contributed by atoms with van der Waals surface area (Å²) >= 11 is 0. The zero-order valence-corrected chi connectivity index (χ0v) is 14.3. The second kappa shape index (κ2) is 9.21. The zero-order valence-electron chi connectivity index (χ0n) is 14.3. The van der Waals surface area contributed by atoms with Gasteiger partial charge in [-0.05, 0) is 58.5 Å². The molecule has 0 saturated heterocycles. The molecule has 0 radical (unpaired) electrons. The molecule has 0 heterocycles. The first-order chi connectivity index (χ1) is 9.95. The van der Waals surface area contributed by atoms with Gasteiger partial charge in [0.2, 0.25) is 5.91 Å². The summed E-state index contributed by atoms with van der Waals surface area (Å²) in [7, 11) is 2.01. The van der Waals surface area contributed by atoms with Crippen molar-refractivity contribution in [2.24, 2.45) is 11.7 Å². The molecule has 0 aromatic heterocycles. The maximum absolute atomic E-state index is 12.5. The van der Waals surface area contributed by atoms with Crippen LogP contribution in [0.25, 0.3) is 0 Å². The van der Waals surface area contributed by atoms with E-state index in [-0.39, 0.29) is 11.9 Å². The van der Waals surface area contributed by atoms with E-state index in [0.29, 0.717) is 12.5 Å². The largest absolute Gasteiger partial charge is 0.327 e. The Labute approximate surface area is 130 Å². The molecule has 2 N–H and O–H groups in total. The number of carbonyl (C=O) groups is 1. The quantitative estimate of drug-likeness (QED) is 0.749. The van der Waals surface area contributed by atoms with Crippen molar-refractivity contribution in [1.29, 1.82) is 0 Å². The summed E-state index contributed by atoms with van der Waals surface area (Å²) in [6.45, 7) is 8.47. The van der Waals surface area contributed by atoms with E-state index in [1.807, 2.05) is 11.9 Å². The van der Waals surface area contributed by atoms with Crippen molar-refractivity contribution >= 4 is 5.91 Å². The lowest BCUT2D eigenvalue weighted by molar-refractivity contribution is -0.130. The van der Waals surface area contributed by atoms with Crippen LogP contribution >= 0.6 is 0 Å². The number of amides is 1. The molecule has 1 aliphatic carbocycles. The van der Waals surface area contributed by atoms with E-state index in [1.54, 1.807) is 0 Å². The Bertz CT molecular complexity index is 352. The molecule has 1 amide bonds. The van der Waals surface area contributed by atoms with Crippen LogP contribution < -0.4 is 5.73 Å². The number of carbonyl (C=O) groups excluding carboxylic acids is 1. The van der Waals surface area contributed by atoms with Crippen molar-refractivity contribution < 1.29 is 4.79 Å². The number of hydrogen-bond donors (Lipinski definition) is 1. The molecule has 1 rings (SSSR count). The molecule has 0 aliphatic heterocycles. The minimum absolute atomic E-state index is 0.214. The van der Waals surface area contributed by atoms with Gasteiger partial charge < -0.3 is 10.6 Å². The SMILES string of the molecule is CCN(C(=O)CN(C)CCC(N)C(C)C)C1=CCCCC1. The molecule has 0 spiro atoms. The normalized spacial score (nSPS) is 17.0. The predicted molar refractivity (Wildman–Crippen MR) is 88.9 cm³/mol. The van der Waals surface area contributed by atoms with Gasteiger partial charge in [0.1, 0.15) is 0 Å². The van der Waals surface area contributed by atoms with Gasteiger partial charge in [0.05, 0.1) is 6.54 Å². The van der Waals surface area contributed by atoms with E-state index in [0.717, 1.165) is 32.4 Å². The second-order valence-electron chi connectivity index (χ2n) is 6.51. The van der Waals surface area contributed by atoms with Gasteiger partial charge in [-0.15, -0.1) is 0 Å². The van der Waals surface area contributed by atoms with Gasteiger partial charge in [-0.3, -0.25) is 9.69 Å². The predicted octanol–water partition coefficient (Wildman–Crippen LogP) is 2.60.